The quantitative estimate of drug-likeness (QED) is 0.141. The van der Waals surface area contributed by atoms with Gasteiger partial charge >= 0.3 is 11.9 Å². The van der Waals surface area contributed by atoms with Crippen LogP contribution in [0.3, 0.4) is 0 Å². The van der Waals surface area contributed by atoms with Crippen molar-refractivity contribution in [2.75, 3.05) is 0 Å². The molecule has 5 aromatic rings. The van der Waals surface area contributed by atoms with Crippen molar-refractivity contribution in [2.24, 2.45) is 0 Å². The normalized spacial score (nSPS) is 11.5. The first kappa shape index (κ1) is 30.1. The first-order chi connectivity index (χ1) is 20.9. The molecule has 44 heavy (non-hydrogen) atoms. The molecule has 6 heteroatoms. The second kappa shape index (κ2) is 12.1. The Balaban J connectivity index is 1.23. The van der Waals surface area contributed by atoms with Crippen LogP contribution in [0.25, 0.3) is 0 Å². The fourth-order valence-corrected chi connectivity index (χ4v) is 5.07. The molecule has 0 heterocycles. The van der Waals surface area contributed by atoms with E-state index < -0.39 is 11.9 Å². The average molecular weight is 587 g/mol. The summed E-state index contributed by atoms with van der Waals surface area (Å²) < 4.78 is 11.2. The van der Waals surface area contributed by atoms with Gasteiger partial charge in [0.25, 0.3) is 0 Å². The fraction of sp³-hybridized carbons (Fsp3) is 0.158. The van der Waals surface area contributed by atoms with E-state index in [0.29, 0.717) is 11.5 Å². The largest absolute Gasteiger partial charge is 0.508 e. The van der Waals surface area contributed by atoms with Crippen molar-refractivity contribution in [2.45, 2.75) is 38.5 Å². The first-order valence-corrected chi connectivity index (χ1v) is 14.3. The highest BCUT2D eigenvalue weighted by molar-refractivity contribution is 5.96. The van der Waals surface area contributed by atoms with E-state index in [1.165, 1.54) is 6.07 Å². The van der Waals surface area contributed by atoms with Gasteiger partial charge in [-0.2, -0.15) is 0 Å². The molecule has 0 aliphatic rings. The summed E-state index contributed by atoms with van der Waals surface area (Å²) in [5.41, 5.74) is 3.91. The van der Waals surface area contributed by atoms with Crippen molar-refractivity contribution < 1.29 is 29.3 Å². The summed E-state index contributed by atoms with van der Waals surface area (Å²) in [4.78, 5) is 25.9. The van der Waals surface area contributed by atoms with Crippen LogP contribution in [0.5, 0.6) is 23.0 Å². The molecule has 0 atom stereocenters. The van der Waals surface area contributed by atoms with Crippen LogP contribution < -0.4 is 9.47 Å². The lowest BCUT2D eigenvalue weighted by Gasteiger charge is -2.26. The van der Waals surface area contributed by atoms with Gasteiger partial charge in [0, 0.05) is 10.8 Å². The molecule has 0 saturated heterocycles. The van der Waals surface area contributed by atoms with Crippen LogP contribution in [0.15, 0.2) is 121 Å². The number of carbonyl (C=O) groups excluding carboxylic acids is 2. The highest BCUT2D eigenvalue weighted by Gasteiger charge is 2.25. The van der Waals surface area contributed by atoms with Gasteiger partial charge in [-0.05, 0) is 89.0 Å². The number of carbonyl (C=O) groups is 2. The Labute approximate surface area is 257 Å². The maximum absolute atomic E-state index is 12.9. The minimum absolute atomic E-state index is 0.213. The van der Waals surface area contributed by atoms with Crippen LogP contribution in [-0.4, -0.2) is 22.2 Å². The zero-order valence-electron chi connectivity index (χ0n) is 25.1. The van der Waals surface area contributed by atoms with Crippen LogP contribution in [0.2, 0.25) is 0 Å². The number of phenolic OH excluding ortho intramolecular Hbond substituents is 2. The number of phenols is 2. The molecule has 6 nitrogen and oxygen atoms in total. The van der Waals surface area contributed by atoms with Gasteiger partial charge in [-0.25, -0.2) is 9.59 Å². The van der Waals surface area contributed by atoms with Gasteiger partial charge in [-0.3, -0.25) is 0 Å². The van der Waals surface area contributed by atoms with Crippen LogP contribution in [-0.2, 0) is 10.8 Å². The molecule has 0 aromatic heterocycles. The third kappa shape index (κ3) is 6.50. The Bertz CT molecular complexity index is 1640. The van der Waals surface area contributed by atoms with Crippen molar-refractivity contribution in [3.63, 3.8) is 0 Å². The Morgan fingerprint density at radius 1 is 0.477 bits per heavy atom. The molecule has 5 rings (SSSR count). The number of ether oxygens (including phenoxy) is 2. The Kier molecular flexibility index (Phi) is 8.28. The van der Waals surface area contributed by atoms with Gasteiger partial charge < -0.3 is 19.7 Å². The van der Waals surface area contributed by atoms with E-state index in [1.807, 2.05) is 48.5 Å². The number of rotatable bonds is 8. The number of hydrogen-bond acceptors (Lipinski definition) is 6. The maximum atomic E-state index is 12.9. The van der Waals surface area contributed by atoms with Gasteiger partial charge in [0.05, 0.1) is 11.1 Å². The molecule has 5 aromatic carbocycles. The Morgan fingerprint density at radius 2 is 0.773 bits per heavy atom. The van der Waals surface area contributed by atoms with Gasteiger partial charge in [-0.15, -0.1) is 0 Å². The molecule has 0 aliphatic carbocycles. The van der Waals surface area contributed by atoms with Crippen LogP contribution >= 0.6 is 0 Å². The monoisotopic (exact) mass is 586 g/mol. The molecule has 0 amide bonds. The molecular weight excluding hydrogens is 552 g/mol. The summed E-state index contributed by atoms with van der Waals surface area (Å²) in [6.07, 6.45) is 0. The van der Waals surface area contributed by atoms with Crippen molar-refractivity contribution in [1.82, 2.24) is 0 Å². The third-order valence-corrected chi connectivity index (χ3v) is 8.09. The lowest BCUT2D eigenvalue weighted by Crippen LogP contribution is -2.19. The Morgan fingerprint density at radius 3 is 1.09 bits per heavy atom. The molecule has 0 saturated carbocycles. The molecule has 0 bridgehead atoms. The summed E-state index contributed by atoms with van der Waals surface area (Å²) in [6, 6.07) is 35.0. The van der Waals surface area contributed by atoms with Crippen molar-refractivity contribution in [3.05, 3.63) is 155 Å². The van der Waals surface area contributed by atoms with Crippen molar-refractivity contribution in [1.29, 1.82) is 0 Å². The molecule has 222 valence electrons. The third-order valence-electron chi connectivity index (χ3n) is 8.09. The second-order valence-corrected chi connectivity index (χ2v) is 11.8. The highest BCUT2D eigenvalue weighted by Crippen LogP contribution is 2.34. The van der Waals surface area contributed by atoms with Gasteiger partial charge in [0.2, 0.25) is 0 Å². The first-order valence-electron chi connectivity index (χ1n) is 14.3. The van der Waals surface area contributed by atoms with Crippen molar-refractivity contribution in [3.8, 4) is 23.0 Å². The molecular formula is C38H34O6. The standard InChI is InChI=1S/C38H34O6/c1-37(2,27-8-16-31(39)17-9-27)29-12-20-33(21-13-29)43-35(41)25-6-5-7-26(24-25)36(42)44-34-22-14-30(15-23-34)38(3,4)28-10-18-32(40)19-11-28/h5-24,39-40H,1-4H3. The summed E-state index contributed by atoms with van der Waals surface area (Å²) >= 11 is 0. The molecule has 0 aliphatic heterocycles. The van der Waals surface area contributed by atoms with E-state index in [4.69, 9.17) is 9.47 Å². The van der Waals surface area contributed by atoms with Crippen LogP contribution in [0.1, 0.15) is 70.7 Å². The minimum Gasteiger partial charge on any atom is -0.508 e. The highest BCUT2D eigenvalue weighted by atomic mass is 16.5. The molecule has 0 unspecified atom stereocenters. The lowest BCUT2D eigenvalue weighted by molar-refractivity contribution is 0.0734. The molecule has 0 radical (unpaired) electrons. The van der Waals surface area contributed by atoms with E-state index in [1.54, 1.807) is 66.7 Å². The summed E-state index contributed by atoms with van der Waals surface area (Å²) in [6.45, 7) is 8.33. The zero-order chi connectivity index (χ0) is 31.5. The number of esters is 2. The molecule has 2 N–H and O–H groups in total. The topological polar surface area (TPSA) is 93.1 Å². The van der Waals surface area contributed by atoms with Crippen LogP contribution in [0, 0.1) is 0 Å². The van der Waals surface area contributed by atoms with E-state index >= 15 is 0 Å². The minimum atomic E-state index is -0.592. The number of hydrogen-bond donors (Lipinski definition) is 2. The fourth-order valence-electron chi connectivity index (χ4n) is 5.07. The smallest absolute Gasteiger partial charge is 0.343 e. The van der Waals surface area contributed by atoms with Crippen LogP contribution in [0.4, 0.5) is 0 Å². The maximum Gasteiger partial charge on any atom is 0.343 e. The second-order valence-electron chi connectivity index (χ2n) is 11.8. The zero-order valence-corrected chi connectivity index (χ0v) is 25.1. The summed E-state index contributed by atoms with van der Waals surface area (Å²) in [5.74, 6) is -0.000611. The predicted molar refractivity (Wildman–Crippen MR) is 170 cm³/mol. The van der Waals surface area contributed by atoms with E-state index in [-0.39, 0.29) is 33.5 Å². The van der Waals surface area contributed by atoms with Gasteiger partial charge in [0.15, 0.2) is 0 Å². The Hall–Kier alpha value is -5.36. The molecule has 0 spiro atoms. The summed E-state index contributed by atoms with van der Waals surface area (Å²) in [7, 11) is 0. The van der Waals surface area contributed by atoms with Gasteiger partial charge in [-0.1, -0.05) is 82.3 Å². The van der Waals surface area contributed by atoms with E-state index in [2.05, 4.69) is 27.7 Å². The summed E-state index contributed by atoms with van der Waals surface area (Å²) in [5, 5.41) is 19.2. The number of benzene rings is 5. The van der Waals surface area contributed by atoms with E-state index in [0.717, 1.165) is 22.3 Å². The number of aromatic hydroxyl groups is 2. The van der Waals surface area contributed by atoms with E-state index in [9.17, 15) is 19.8 Å². The van der Waals surface area contributed by atoms with Crippen molar-refractivity contribution >= 4 is 11.9 Å². The SMILES string of the molecule is CC(C)(c1ccc(O)cc1)c1ccc(OC(=O)c2cccc(C(=O)Oc3ccc(C(C)(C)c4ccc(O)cc4)cc3)c2)cc1. The predicted octanol–water partition coefficient (Wildman–Crippen LogP) is 8.19. The lowest BCUT2D eigenvalue weighted by atomic mass is 9.78. The molecule has 0 fully saturated rings. The average Bonchev–Trinajstić information content (AvgIpc) is 3.02. The van der Waals surface area contributed by atoms with Gasteiger partial charge in [0.1, 0.15) is 23.0 Å².